The molecular formula is C35H31Br2NO5. The van der Waals surface area contributed by atoms with E-state index in [2.05, 4.69) is 31.9 Å². The number of ether oxygens (including phenoxy) is 1. The van der Waals surface area contributed by atoms with Crippen molar-refractivity contribution in [3.05, 3.63) is 110 Å². The van der Waals surface area contributed by atoms with Gasteiger partial charge in [-0.1, -0.05) is 92.5 Å². The number of amides is 1. The summed E-state index contributed by atoms with van der Waals surface area (Å²) in [5.74, 6) is -5.46. The number of aldehydes is 1. The summed E-state index contributed by atoms with van der Waals surface area (Å²) in [7, 11) is 1.71. The van der Waals surface area contributed by atoms with Crippen LogP contribution in [0.5, 0.6) is 0 Å². The number of benzene rings is 3. The lowest BCUT2D eigenvalue weighted by molar-refractivity contribution is -0.162. The van der Waals surface area contributed by atoms with Gasteiger partial charge in [0.2, 0.25) is 5.91 Å². The maximum atomic E-state index is 15.0. The van der Waals surface area contributed by atoms with Gasteiger partial charge in [0.15, 0.2) is 5.78 Å². The molecule has 6 rings (SSSR count). The Bertz CT molecular complexity index is 1710. The van der Waals surface area contributed by atoms with Crippen molar-refractivity contribution >= 4 is 61.5 Å². The number of nitrogens with zero attached hydrogens (tertiary/aromatic N) is 1. The Labute approximate surface area is 267 Å². The normalized spacial score (nSPS) is 28.0. The molecule has 0 N–H and O–H groups in total. The molecule has 6 nitrogen and oxygen atoms in total. The van der Waals surface area contributed by atoms with Gasteiger partial charge in [-0.25, -0.2) is 0 Å². The number of para-hydroxylation sites is 1. The minimum atomic E-state index is -1.47. The molecule has 6 atom stereocenters. The molecule has 0 unspecified atom stereocenters. The fraction of sp³-hybridized carbons (Fsp3) is 0.314. The van der Waals surface area contributed by atoms with Crippen LogP contribution in [0.1, 0.15) is 49.3 Å². The maximum Gasteiger partial charge on any atom is 0.317 e. The number of fused-ring (bicyclic) bond motifs is 4. The van der Waals surface area contributed by atoms with E-state index in [1.807, 2.05) is 78.9 Å². The van der Waals surface area contributed by atoms with Crippen molar-refractivity contribution < 1.29 is 23.9 Å². The van der Waals surface area contributed by atoms with Crippen LogP contribution >= 0.6 is 31.9 Å². The van der Waals surface area contributed by atoms with Gasteiger partial charge in [-0.3, -0.25) is 19.2 Å². The predicted molar refractivity (Wildman–Crippen MR) is 171 cm³/mol. The second-order valence-corrected chi connectivity index (χ2v) is 14.2. The minimum absolute atomic E-state index is 0.277. The minimum Gasteiger partial charge on any atom is -0.459 e. The fourth-order valence-corrected chi connectivity index (χ4v) is 8.74. The molecule has 2 aliphatic carbocycles. The van der Waals surface area contributed by atoms with Crippen LogP contribution in [0.2, 0.25) is 0 Å². The zero-order valence-electron chi connectivity index (χ0n) is 24.2. The summed E-state index contributed by atoms with van der Waals surface area (Å²) >= 11 is 7.33. The van der Waals surface area contributed by atoms with Gasteiger partial charge in [-0.15, -0.1) is 0 Å². The standard InChI is InChI=1S/C35H31Br2NO5/c1-34(2,3)43-32(41)28-27(20-11-5-8-14-24(20)36)22-17-19(18-39)29(21-12-6-9-15-25(21)37)35(30(22)31(28)40)23-13-7-10-16-26(23)38(4)33(35)42/h5-18,22,27-30H,1-4H3/t22-,27-,28+,29+,30+,35+/m1/s1. The van der Waals surface area contributed by atoms with E-state index in [-0.39, 0.29) is 11.7 Å². The summed E-state index contributed by atoms with van der Waals surface area (Å²) in [5, 5.41) is 0. The van der Waals surface area contributed by atoms with Crippen LogP contribution in [0, 0.1) is 17.8 Å². The lowest BCUT2D eigenvalue weighted by Crippen LogP contribution is -2.55. The highest BCUT2D eigenvalue weighted by atomic mass is 79.9. The predicted octanol–water partition coefficient (Wildman–Crippen LogP) is 6.91. The Kier molecular flexibility index (Phi) is 7.37. The Morgan fingerprint density at radius 3 is 2.09 bits per heavy atom. The smallest absolute Gasteiger partial charge is 0.317 e. The molecule has 0 aromatic heterocycles. The molecule has 1 fully saturated rings. The van der Waals surface area contributed by atoms with Crippen molar-refractivity contribution in [3.63, 3.8) is 0 Å². The van der Waals surface area contributed by atoms with E-state index in [0.29, 0.717) is 16.8 Å². The van der Waals surface area contributed by atoms with Gasteiger partial charge in [0, 0.05) is 39.4 Å². The van der Waals surface area contributed by atoms with Crippen LogP contribution in [0.4, 0.5) is 5.69 Å². The Morgan fingerprint density at radius 1 is 0.907 bits per heavy atom. The van der Waals surface area contributed by atoms with Crippen molar-refractivity contribution in [2.24, 2.45) is 17.8 Å². The highest BCUT2D eigenvalue weighted by Gasteiger charge is 2.71. The first-order chi connectivity index (χ1) is 20.4. The molecule has 1 amide bonds. The third-order valence-corrected chi connectivity index (χ3v) is 10.5. The number of rotatable bonds is 4. The maximum absolute atomic E-state index is 15.0. The number of hydrogen-bond acceptors (Lipinski definition) is 5. The van der Waals surface area contributed by atoms with Crippen molar-refractivity contribution in [2.75, 3.05) is 11.9 Å². The molecule has 3 aliphatic rings. The molecular weight excluding hydrogens is 674 g/mol. The quantitative estimate of drug-likeness (QED) is 0.168. The first kappa shape index (κ1) is 29.7. The van der Waals surface area contributed by atoms with Crippen LogP contribution < -0.4 is 4.90 Å². The number of hydrogen-bond donors (Lipinski definition) is 0. The van der Waals surface area contributed by atoms with Gasteiger partial charge >= 0.3 is 5.97 Å². The number of anilines is 1. The molecule has 8 heteroatoms. The molecule has 1 saturated carbocycles. The van der Waals surface area contributed by atoms with Crippen molar-refractivity contribution in [1.82, 2.24) is 0 Å². The number of allylic oxidation sites excluding steroid dienone is 2. The molecule has 3 aromatic carbocycles. The van der Waals surface area contributed by atoms with Crippen LogP contribution in [-0.4, -0.2) is 36.6 Å². The third-order valence-electron chi connectivity index (χ3n) is 9.08. The first-order valence-electron chi connectivity index (χ1n) is 14.2. The highest BCUT2D eigenvalue weighted by Crippen LogP contribution is 2.66. The Balaban J connectivity index is 1.71. The number of esters is 1. The summed E-state index contributed by atoms with van der Waals surface area (Å²) in [6.45, 7) is 5.31. The Hall–Kier alpha value is -3.36. The second-order valence-electron chi connectivity index (χ2n) is 12.5. The summed E-state index contributed by atoms with van der Waals surface area (Å²) < 4.78 is 7.33. The highest BCUT2D eigenvalue weighted by molar-refractivity contribution is 9.10. The molecule has 0 saturated heterocycles. The second kappa shape index (κ2) is 10.7. The van der Waals surface area contributed by atoms with Gasteiger partial charge in [0.1, 0.15) is 17.8 Å². The molecule has 3 aromatic rings. The molecule has 1 aliphatic heterocycles. The van der Waals surface area contributed by atoms with Crippen LogP contribution in [0.3, 0.4) is 0 Å². The molecule has 0 radical (unpaired) electrons. The van der Waals surface area contributed by atoms with Crippen LogP contribution in [0.25, 0.3) is 0 Å². The van der Waals surface area contributed by atoms with E-state index in [0.717, 1.165) is 26.4 Å². The number of carbonyl (C=O) groups is 4. The largest absolute Gasteiger partial charge is 0.459 e. The van der Waals surface area contributed by atoms with E-state index in [1.54, 1.807) is 32.7 Å². The number of likely N-dealkylation sites (N-methyl/N-ethyl adjacent to an activating group) is 1. The number of ketones is 1. The van der Waals surface area contributed by atoms with Crippen molar-refractivity contribution in [1.29, 1.82) is 0 Å². The van der Waals surface area contributed by atoms with Crippen LogP contribution in [-0.2, 0) is 29.3 Å². The number of Topliss-reactive ketones (excluding diaryl/α,β-unsaturated/α-hetero) is 1. The zero-order valence-corrected chi connectivity index (χ0v) is 27.4. The van der Waals surface area contributed by atoms with E-state index in [9.17, 15) is 14.4 Å². The van der Waals surface area contributed by atoms with Gasteiger partial charge in [-0.2, -0.15) is 0 Å². The molecule has 220 valence electrons. The summed E-state index contributed by atoms with van der Waals surface area (Å²) in [6, 6.07) is 22.4. The molecule has 0 bridgehead atoms. The lowest BCUT2D eigenvalue weighted by atomic mass is 9.52. The fourth-order valence-electron chi connectivity index (χ4n) is 7.68. The van der Waals surface area contributed by atoms with E-state index in [4.69, 9.17) is 4.74 Å². The summed E-state index contributed by atoms with van der Waals surface area (Å²) in [6.07, 6.45) is 2.65. The summed E-state index contributed by atoms with van der Waals surface area (Å²) in [5.41, 5.74) is 0.931. The molecule has 1 heterocycles. The van der Waals surface area contributed by atoms with Gasteiger partial charge in [-0.05, 0) is 67.2 Å². The van der Waals surface area contributed by atoms with Gasteiger partial charge in [0.25, 0.3) is 0 Å². The van der Waals surface area contributed by atoms with Gasteiger partial charge in [0.05, 0.1) is 5.41 Å². The monoisotopic (exact) mass is 703 g/mol. The van der Waals surface area contributed by atoms with E-state index < -0.39 is 46.6 Å². The number of halogens is 2. The summed E-state index contributed by atoms with van der Waals surface area (Å²) in [4.78, 5) is 58.6. The van der Waals surface area contributed by atoms with Gasteiger partial charge < -0.3 is 9.64 Å². The topological polar surface area (TPSA) is 80.8 Å². The molecule has 43 heavy (non-hydrogen) atoms. The SMILES string of the molecule is CN1C(=O)[C@]2(c3ccccc31)[C@@H]1C(=O)[C@@H](C(=O)OC(C)(C)C)[C@H](c3ccccc3Br)[C@H]1C=C(C=O)[C@H]2c1ccccc1Br. The average Bonchev–Trinajstić information content (AvgIpc) is 3.37. The number of carbonyl (C=O) groups excluding carboxylic acids is 4. The molecule has 1 spiro atoms. The third kappa shape index (κ3) is 4.40. The van der Waals surface area contributed by atoms with E-state index in [1.165, 1.54) is 0 Å². The lowest BCUT2D eigenvalue weighted by Gasteiger charge is -2.47. The zero-order chi connectivity index (χ0) is 30.8. The first-order valence-corrected chi connectivity index (χ1v) is 15.8. The average molecular weight is 705 g/mol. The van der Waals surface area contributed by atoms with Crippen LogP contribution in [0.15, 0.2) is 93.4 Å². The van der Waals surface area contributed by atoms with E-state index >= 15 is 4.79 Å². The Morgan fingerprint density at radius 2 is 1.49 bits per heavy atom. The van der Waals surface area contributed by atoms with Crippen molar-refractivity contribution in [3.8, 4) is 0 Å². The van der Waals surface area contributed by atoms with Crippen molar-refractivity contribution in [2.45, 2.75) is 43.6 Å².